The highest BCUT2D eigenvalue weighted by molar-refractivity contribution is 7.99. The van der Waals surface area contributed by atoms with E-state index in [1.54, 1.807) is 11.8 Å². The predicted octanol–water partition coefficient (Wildman–Crippen LogP) is 1.43. The zero-order valence-electron chi connectivity index (χ0n) is 12.2. The zero-order valence-corrected chi connectivity index (χ0v) is 13.0. The maximum absolute atomic E-state index is 11.6. The molecule has 1 fully saturated rings. The summed E-state index contributed by atoms with van der Waals surface area (Å²) in [5, 5.41) is 13.7. The van der Waals surface area contributed by atoms with E-state index in [9.17, 15) is 9.90 Å². The number of esters is 1. The number of carbonyl (C=O) groups is 1. The van der Waals surface area contributed by atoms with E-state index in [0.29, 0.717) is 38.8 Å². The van der Waals surface area contributed by atoms with E-state index in [1.807, 2.05) is 6.92 Å². The van der Waals surface area contributed by atoms with Gasteiger partial charge in [0.05, 0.1) is 23.9 Å². The standard InChI is InChI=1S/C15H25NO3S/c1-3-10-20-11-9-16-12-15(18)7-5-13(6-8-15)14(17)19-4-2/h1,13,16,18H,4-12H2,2H3. The van der Waals surface area contributed by atoms with Gasteiger partial charge in [-0.15, -0.1) is 18.2 Å². The molecule has 1 saturated carbocycles. The number of thioether (sulfide) groups is 1. The van der Waals surface area contributed by atoms with E-state index < -0.39 is 5.60 Å². The smallest absolute Gasteiger partial charge is 0.308 e. The Morgan fingerprint density at radius 1 is 1.55 bits per heavy atom. The Morgan fingerprint density at radius 3 is 2.85 bits per heavy atom. The molecule has 1 aliphatic rings. The van der Waals surface area contributed by atoms with Gasteiger partial charge in [0.1, 0.15) is 0 Å². The molecule has 0 aliphatic heterocycles. The van der Waals surface area contributed by atoms with Crippen LogP contribution in [0, 0.1) is 18.3 Å². The molecule has 0 spiro atoms. The first-order valence-electron chi connectivity index (χ1n) is 7.22. The summed E-state index contributed by atoms with van der Waals surface area (Å²) in [6.07, 6.45) is 7.90. The lowest BCUT2D eigenvalue weighted by Crippen LogP contribution is -2.45. The molecule has 0 bridgehead atoms. The maximum Gasteiger partial charge on any atom is 0.308 e. The summed E-state index contributed by atoms with van der Waals surface area (Å²) < 4.78 is 5.03. The van der Waals surface area contributed by atoms with Crippen molar-refractivity contribution in [1.82, 2.24) is 5.32 Å². The predicted molar refractivity (Wildman–Crippen MR) is 82.6 cm³/mol. The lowest BCUT2D eigenvalue weighted by atomic mass is 9.79. The van der Waals surface area contributed by atoms with Gasteiger partial charge in [-0.1, -0.05) is 5.92 Å². The van der Waals surface area contributed by atoms with Gasteiger partial charge in [-0.25, -0.2) is 0 Å². The fourth-order valence-corrected chi connectivity index (χ4v) is 2.98. The lowest BCUT2D eigenvalue weighted by molar-refractivity contribution is -0.151. The molecule has 5 heteroatoms. The van der Waals surface area contributed by atoms with Gasteiger partial charge in [0.15, 0.2) is 0 Å². The number of carbonyl (C=O) groups excluding carboxylic acids is 1. The molecular weight excluding hydrogens is 274 g/mol. The molecule has 20 heavy (non-hydrogen) atoms. The minimum Gasteiger partial charge on any atom is -0.466 e. The molecule has 0 aromatic heterocycles. The van der Waals surface area contributed by atoms with Crippen molar-refractivity contribution in [3.63, 3.8) is 0 Å². The monoisotopic (exact) mass is 299 g/mol. The van der Waals surface area contributed by atoms with Crippen molar-refractivity contribution in [3.8, 4) is 12.3 Å². The summed E-state index contributed by atoms with van der Waals surface area (Å²) in [6.45, 7) is 3.67. The Morgan fingerprint density at radius 2 is 2.25 bits per heavy atom. The van der Waals surface area contributed by atoms with Crippen molar-refractivity contribution in [2.45, 2.75) is 38.2 Å². The maximum atomic E-state index is 11.6. The highest BCUT2D eigenvalue weighted by Crippen LogP contribution is 2.32. The second-order valence-corrected chi connectivity index (χ2v) is 6.29. The second kappa shape index (κ2) is 9.28. The van der Waals surface area contributed by atoms with Crippen molar-refractivity contribution in [1.29, 1.82) is 0 Å². The molecule has 1 rings (SSSR count). The number of aliphatic hydroxyl groups is 1. The van der Waals surface area contributed by atoms with E-state index in [2.05, 4.69) is 11.2 Å². The van der Waals surface area contributed by atoms with Gasteiger partial charge in [0, 0.05) is 18.8 Å². The van der Waals surface area contributed by atoms with Crippen LogP contribution in [0.1, 0.15) is 32.6 Å². The van der Waals surface area contributed by atoms with Gasteiger partial charge in [-0.05, 0) is 32.6 Å². The summed E-state index contributed by atoms with van der Waals surface area (Å²) in [4.78, 5) is 11.6. The van der Waals surface area contributed by atoms with Crippen LogP contribution >= 0.6 is 11.8 Å². The van der Waals surface area contributed by atoms with Crippen LogP contribution in [0.25, 0.3) is 0 Å². The van der Waals surface area contributed by atoms with Crippen molar-refractivity contribution < 1.29 is 14.6 Å². The third kappa shape index (κ3) is 6.17. The van der Waals surface area contributed by atoms with Gasteiger partial charge in [-0.2, -0.15) is 0 Å². The van der Waals surface area contributed by atoms with Crippen LogP contribution in [0.4, 0.5) is 0 Å². The third-order valence-electron chi connectivity index (χ3n) is 3.60. The molecule has 4 nitrogen and oxygen atoms in total. The average molecular weight is 299 g/mol. The number of nitrogens with one attached hydrogen (secondary N) is 1. The summed E-state index contributed by atoms with van der Waals surface area (Å²) in [5.74, 6) is 4.10. The van der Waals surface area contributed by atoms with Crippen LogP contribution in [0.5, 0.6) is 0 Å². The molecule has 0 aromatic carbocycles. The van der Waals surface area contributed by atoms with Crippen molar-refractivity contribution in [2.75, 3.05) is 31.2 Å². The van der Waals surface area contributed by atoms with Gasteiger partial charge in [0.25, 0.3) is 0 Å². The average Bonchev–Trinajstić information content (AvgIpc) is 2.44. The van der Waals surface area contributed by atoms with E-state index in [4.69, 9.17) is 11.2 Å². The number of rotatable bonds is 8. The molecule has 0 radical (unpaired) electrons. The Balaban J connectivity index is 2.18. The Hall–Kier alpha value is -0.700. The second-order valence-electron chi connectivity index (χ2n) is 5.18. The largest absolute Gasteiger partial charge is 0.466 e. The molecule has 0 saturated heterocycles. The van der Waals surface area contributed by atoms with Gasteiger partial charge in [0.2, 0.25) is 0 Å². The fraction of sp³-hybridized carbons (Fsp3) is 0.800. The minimum atomic E-state index is -0.681. The molecular formula is C15H25NO3S. The molecule has 0 atom stereocenters. The first-order chi connectivity index (χ1) is 9.61. The minimum absolute atomic E-state index is 0.0404. The van der Waals surface area contributed by atoms with Crippen LogP contribution in [0.15, 0.2) is 0 Å². The highest BCUT2D eigenvalue weighted by atomic mass is 32.2. The Labute approximate surface area is 126 Å². The van der Waals surface area contributed by atoms with Crippen molar-refractivity contribution in [2.24, 2.45) is 5.92 Å². The van der Waals surface area contributed by atoms with Crippen LogP contribution in [0.3, 0.4) is 0 Å². The van der Waals surface area contributed by atoms with Crippen molar-refractivity contribution >= 4 is 17.7 Å². The molecule has 0 heterocycles. The fourth-order valence-electron chi connectivity index (χ4n) is 2.42. The topological polar surface area (TPSA) is 58.6 Å². The molecule has 1 aliphatic carbocycles. The van der Waals surface area contributed by atoms with Gasteiger partial charge >= 0.3 is 5.97 Å². The van der Waals surface area contributed by atoms with E-state index in [0.717, 1.165) is 18.1 Å². The third-order valence-corrected chi connectivity index (χ3v) is 4.46. The quantitative estimate of drug-likeness (QED) is 0.403. The van der Waals surface area contributed by atoms with E-state index in [-0.39, 0.29) is 11.9 Å². The molecule has 2 N–H and O–H groups in total. The molecule has 0 unspecified atom stereocenters. The summed E-state index contributed by atoms with van der Waals surface area (Å²) in [6, 6.07) is 0. The van der Waals surface area contributed by atoms with Gasteiger partial charge in [-0.3, -0.25) is 4.79 Å². The number of hydrogen-bond donors (Lipinski definition) is 2. The lowest BCUT2D eigenvalue weighted by Gasteiger charge is -2.35. The Bertz CT molecular complexity index is 333. The normalized spacial score (nSPS) is 25.9. The number of hydrogen-bond acceptors (Lipinski definition) is 5. The summed E-state index contributed by atoms with van der Waals surface area (Å²) in [5.41, 5.74) is -0.681. The zero-order chi connectivity index (χ0) is 14.8. The first-order valence-corrected chi connectivity index (χ1v) is 8.37. The van der Waals surface area contributed by atoms with E-state index >= 15 is 0 Å². The first kappa shape index (κ1) is 17.4. The van der Waals surface area contributed by atoms with Crippen LogP contribution in [-0.2, 0) is 9.53 Å². The van der Waals surface area contributed by atoms with Gasteiger partial charge < -0.3 is 15.2 Å². The van der Waals surface area contributed by atoms with Crippen LogP contribution in [0.2, 0.25) is 0 Å². The summed E-state index contributed by atoms with van der Waals surface area (Å²) >= 11 is 1.71. The van der Waals surface area contributed by atoms with E-state index in [1.165, 1.54) is 0 Å². The molecule has 114 valence electrons. The van der Waals surface area contributed by atoms with Crippen LogP contribution < -0.4 is 5.32 Å². The number of ether oxygens (including phenoxy) is 1. The molecule has 0 amide bonds. The van der Waals surface area contributed by atoms with Crippen LogP contribution in [-0.4, -0.2) is 47.9 Å². The number of terminal acetylenes is 1. The summed E-state index contributed by atoms with van der Waals surface area (Å²) in [7, 11) is 0. The SMILES string of the molecule is C#CCSCCNCC1(O)CCC(C(=O)OCC)CC1. The Kier molecular flexibility index (Phi) is 8.05. The highest BCUT2D eigenvalue weighted by Gasteiger charge is 2.35. The molecule has 0 aromatic rings. The van der Waals surface area contributed by atoms with Crippen molar-refractivity contribution in [3.05, 3.63) is 0 Å².